The lowest BCUT2D eigenvalue weighted by Crippen LogP contribution is -2.01. The van der Waals surface area contributed by atoms with E-state index in [-0.39, 0.29) is 0 Å². The summed E-state index contributed by atoms with van der Waals surface area (Å²) in [5.41, 5.74) is 8.41. The van der Waals surface area contributed by atoms with Crippen molar-refractivity contribution in [2.75, 3.05) is 5.73 Å². The van der Waals surface area contributed by atoms with Crippen LogP contribution in [0.5, 0.6) is 0 Å². The van der Waals surface area contributed by atoms with E-state index < -0.39 is 0 Å². The molecule has 0 saturated carbocycles. The van der Waals surface area contributed by atoms with Gasteiger partial charge in [0.15, 0.2) is 0 Å². The van der Waals surface area contributed by atoms with Crippen LogP contribution < -0.4 is 5.73 Å². The average molecular weight is 174 g/mol. The summed E-state index contributed by atoms with van der Waals surface area (Å²) in [5, 5.41) is 8.08. The predicted molar refractivity (Wildman–Crippen MR) is 50.5 cm³/mol. The van der Waals surface area contributed by atoms with Gasteiger partial charge in [0, 0.05) is 5.69 Å². The van der Waals surface area contributed by atoms with Crippen molar-refractivity contribution in [3.05, 3.63) is 36.2 Å². The molecule has 0 spiro atoms. The first-order valence-corrected chi connectivity index (χ1v) is 4.00. The number of hydrogen-bond acceptors (Lipinski definition) is 3. The first-order chi connectivity index (χ1) is 6.27. The molecule has 1 heterocycles. The summed E-state index contributed by atoms with van der Waals surface area (Å²) in [4.78, 5) is 1.58. The summed E-state index contributed by atoms with van der Waals surface area (Å²) in [7, 11) is 0. The van der Waals surface area contributed by atoms with Gasteiger partial charge in [0.2, 0.25) is 0 Å². The van der Waals surface area contributed by atoms with Gasteiger partial charge < -0.3 is 5.73 Å². The number of nitrogens with zero attached hydrogens (tertiary/aromatic N) is 3. The zero-order valence-electron chi connectivity index (χ0n) is 7.31. The lowest BCUT2D eigenvalue weighted by molar-refractivity contribution is 0.747. The summed E-state index contributed by atoms with van der Waals surface area (Å²) in [5.74, 6) is 0. The molecule has 0 atom stereocenters. The van der Waals surface area contributed by atoms with Crippen LogP contribution in [0.15, 0.2) is 30.6 Å². The normalized spacial score (nSPS) is 10.2. The number of nitrogen functional groups attached to an aromatic ring is 1. The molecule has 0 aliphatic carbocycles. The largest absolute Gasteiger partial charge is 0.399 e. The molecule has 2 N–H and O–H groups in total. The van der Waals surface area contributed by atoms with Crippen molar-refractivity contribution >= 4 is 5.69 Å². The molecule has 0 aliphatic heterocycles. The Kier molecular flexibility index (Phi) is 1.73. The van der Waals surface area contributed by atoms with E-state index in [0.29, 0.717) is 0 Å². The van der Waals surface area contributed by atoms with Crippen molar-refractivity contribution in [2.24, 2.45) is 0 Å². The van der Waals surface area contributed by atoms with Gasteiger partial charge in [-0.3, -0.25) is 0 Å². The summed E-state index contributed by atoms with van der Waals surface area (Å²) < 4.78 is 0. The van der Waals surface area contributed by atoms with E-state index in [9.17, 15) is 0 Å². The summed E-state index contributed by atoms with van der Waals surface area (Å²) in [6.45, 7) is 1.98. The number of nitrogens with two attached hydrogens (primary N) is 1. The van der Waals surface area contributed by atoms with Gasteiger partial charge in [-0.1, -0.05) is 0 Å². The van der Waals surface area contributed by atoms with Gasteiger partial charge in [0.25, 0.3) is 0 Å². The monoisotopic (exact) mass is 174 g/mol. The molecular formula is C9H10N4. The van der Waals surface area contributed by atoms with Crippen LogP contribution in [0.3, 0.4) is 0 Å². The lowest BCUT2D eigenvalue weighted by Gasteiger charge is -2.04. The Morgan fingerprint density at radius 3 is 2.54 bits per heavy atom. The highest BCUT2D eigenvalue weighted by Crippen LogP contribution is 2.14. The zero-order valence-corrected chi connectivity index (χ0v) is 7.31. The Morgan fingerprint density at radius 1 is 1.23 bits per heavy atom. The highest BCUT2D eigenvalue weighted by molar-refractivity contribution is 5.49. The minimum absolute atomic E-state index is 0.758. The minimum Gasteiger partial charge on any atom is -0.399 e. The number of benzene rings is 1. The smallest absolute Gasteiger partial charge is 0.0887 e. The molecule has 1 aromatic heterocycles. The number of anilines is 1. The summed E-state index contributed by atoms with van der Waals surface area (Å²) in [6.07, 6.45) is 3.30. The van der Waals surface area contributed by atoms with Gasteiger partial charge in [-0.05, 0) is 30.7 Å². The van der Waals surface area contributed by atoms with Crippen LogP contribution in [0.1, 0.15) is 5.56 Å². The fourth-order valence-corrected chi connectivity index (χ4v) is 1.24. The average Bonchev–Trinajstić information content (AvgIpc) is 2.56. The molecule has 0 fully saturated rings. The molecule has 4 nitrogen and oxygen atoms in total. The van der Waals surface area contributed by atoms with Crippen LogP contribution in [0, 0.1) is 6.92 Å². The fourth-order valence-electron chi connectivity index (χ4n) is 1.24. The van der Waals surface area contributed by atoms with E-state index in [2.05, 4.69) is 10.2 Å². The molecule has 2 aromatic rings. The first-order valence-electron chi connectivity index (χ1n) is 4.00. The Labute approximate surface area is 76.0 Å². The lowest BCUT2D eigenvalue weighted by atomic mass is 10.2. The van der Waals surface area contributed by atoms with E-state index in [0.717, 1.165) is 16.9 Å². The van der Waals surface area contributed by atoms with Crippen LogP contribution in [0.25, 0.3) is 5.69 Å². The standard InChI is InChI=1S/C9H10N4/c1-7-6-8(10)2-3-9(7)13-11-4-5-12-13/h2-6H,10H2,1H3. The van der Waals surface area contributed by atoms with Gasteiger partial charge in [0.05, 0.1) is 18.1 Å². The Balaban J connectivity index is 2.53. The highest BCUT2D eigenvalue weighted by Gasteiger charge is 2.01. The number of hydrogen-bond donors (Lipinski definition) is 1. The predicted octanol–water partition coefficient (Wildman–Crippen LogP) is 1.16. The van der Waals surface area contributed by atoms with Gasteiger partial charge in [-0.2, -0.15) is 15.0 Å². The van der Waals surface area contributed by atoms with E-state index >= 15 is 0 Å². The Bertz CT molecular complexity index is 406. The molecule has 13 heavy (non-hydrogen) atoms. The molecule has 0 saturated heterocycles. The molecule has 0 bridgehead atoms. The van der Waals surface area contributed by atoms with Crippen LogP contribution in [0.4, 0.5) is 5.69 Å². The molecule has 1 aromatic carbocycles. The van der Waals surface area contributed by atoms with Crippen molar-refractivity contribution in [1.82, 2.24) is 15.0 Å². The molecule has 2 rings (SSSR count). The second kappa shape index (κ2) is 2.90. The SMILES string of the molecule is Cc1cc(N)ccc1-n1nccn1. The maximum atomic E-state index is 5.63. The van der Waals surface area contributed by atoms with Crippen molar-refractivity contribution in [3.8, 4) is 5.69 Å². The van der Waals surface area contributed by atoms with Crippen molar-refractivity contribution in [2.45, 2.75) is 6.92 Å². The van der Waals surface area contributed by atoms with E-state index in [1.54, 1.807) is 17.2 Å². The zero-order chi connectivity index (χ0) is 9.26. The summed E-state index contributed by atoms with van der Waals surface area (Å²) in [6, 6.07) is 5.65. The maximum Gasteiger partial charge on any atom is 0.0887 e. The van der Waals surface area contributed by atoms with Gasteiger partial charge in [0.1, 0.15) is 0 Å². The third kappa shape index (κ3) is 1.38. The highest BCUT2D eigenvalue weighted by atomic mass is 15.5. The van der Waals surface area contributed by atoms with Crippen molar-refractivity contribution < 1.29 is 0 Å². The topological polar surface area (TPSA) is 56.7 Å². The number of rotatable bonds is 1. The molecule has 0 aliphatic rings. The van der Waals surface area contributed by atoms with Crippen LogP contribution in [0.2, 0.25) is 0 Å². The molecule has 0 unspecified atom stereocenters. The first kappa shape index (κ1) is 7.79. The van der Waals surface area contributed by atoms with E-state index in [1.807, 2.05) is 25.1 Å². The Hall–Kier alpha value is -1.84. The molecule has 66 valence electrons. The second-order valence-corrected chi connectivity index (χ2v) is 2.86. The quantitative estimate of drug-likeness (QED) is 0.660. The maximum absolute atomic E-state index is 5.63. The van der Waals surface area contributed by atoms with E-state index in [4.69, 9.17) is 5.73 Å². The number of aryl methyl sites for hydroxylation is 1. The fraction of sp³-hybridized carbons (Fsp3) is 0.111. The molecule has 0 amide bonds. The van der Waals surface area contributed by atoms with Gasteiger partial charge in [-0.25, -0.2) is 0 Å². The third-order valence-electron chi connectivity index (χ3n) is 1.86. The van der Waals surface area contributed by atoms with Crippen LogP contribution >= 0.6 is 0 Å². The van der Waals surface area contributed by atoms with Gasteiger partial charge >= 0.3 is 0 Å². The van der Waals surface area contributed by atoms with Gasteiger partial charge in [-0.15, -0.1) is 0 Å². The molecule has 0 radical (unpaired) electrons. The van der Waals surface area contributed by atoms with Crippen molar-refractivity contribution in [1.29, 1.82) is 0 Å². The number of aromatic nitrogens is 3. The molecule has 4 heteroatoms. The Morgan fingerprint density at radius 2 is 1.92 bits per heavy atom. The van der Waals surface area contributed by atoms with E-state index in [1.165, 1.54) is 0 Å². The third-order valence-corrected chi connectivity index (χ3v) is 1.86. The summed E-state index contributed by atoms with van der Waals surface area (Å²) >= 11 is 0. The minimum atomic E-state index is 0.758. The van der Waals surface area contributed by atoms with Crippen molar-refractivity contribution in [3.63, 3.8) is 0 Å². The van der Waals surface area contributed by atoms with Crippen LogP contribution in [-0.2, 0) is 0 Å². The van der Waals surface area contributed by atoms with Crippen LogP contribution in [-0.4, -0.2) is 15.0 Å². The second-order valence-electron chi connectivity index (χ2n) is 2.86. The molecular weight excluding hydrogens is 164 g/mol.